The van der Waals surface area contributed by atoms with Crippen LogP contribution < -0.4 is 5.32 Å². The normalized spacial score (nSPS) is 21.5. The SMILES string of the molecule is Cc1cc(C)cc(-n2ncc3c(NC4CCOC5(CCCCC5)C4)ncnc32)c1. The Morgan fingerprint density at radius 3 is 2.66 bits per heavy atom. The Labute approximate surface area is 171 Å². The molecule has 1 aliphatic heterocycles. The zero-order valence-electron chi connectivity index (χ0n) is 17.3. The van der Waals surface area contributed by atoms with E-state index in [0.717, 1.165) is 42.0 Å². The molecule has 1 aliphatic carbocycles. The average molecular weight is 392 g/mol. The van der Waals surface area contributed by atoms with E-state index in [0.29, 0.717) is 6.04 Å². The summed E-state index contributed by atoms with van der Waals surface area (Å²) in [6.07, 6.45) is 11.9. The Morgan fingerprint density at radius 1 is 1.07 bits per heavy atom. The second-order valence-corrected chi connectivity index (χ2v) is 8.79. The Bertz CT molecular complexity index is 996. The number of aryl methyl sites for hydroxylation is 2. The maximum atomic E-state index is 6.26. The van der Waals surface area contributed by atoms with Gasteiger partial charge in [-0.2, -0.15) is 5.10 Å². The lowest BCUT2D eigenvalue weighted by Gasteiger charge is -2.43. The molecule has 1 unspecified atom stereocenters. The Balaban J connectivity index is 1.43. The van der Waals surface area contributed by atoms with Crippen molar-refractivity contribution in [3.05, 3.63) is 41.9 Å². The molecule has 1 atom stereocenters. The van der Waals surface area contributed by atoms with Crippen LogP contribution in [0.2, 0.25) is 0 Å². The summed E-state index contributed by atoms with van der Waals surface area (Å²) in [5.74, 6) is 0.878. The van der Waals surface area contributed by atoms with E-state index < -0.39 is 0 Å². The van der Waals surface area contributed by atoms with Crippen molar-refractivity contribution in [3.8, 4) is 5.69 Å². The highest BCUT2D eigenvalue weighted by molar-refractivity contribution is 5.87. The molecule has 0 radical (unpaired) electrons. The summed E-state index contributed by atoms with van der Waals surface area (Å²) in [7, 11) is 0. The highest BCUT2D eigenvalue weighted by Crippen LogP contribution is 2.39. The lowest BCUT2D eigenvalue weighted by Crippen LogP contribution is -2.45. The number of anilines is 1. The minimum absolute atomic E-state index is 0.0730. The van der Waals surface area contributed by atoms with Gasteiger partial charge < -0.3 is 10.1 Å². The van der Waals surface area contributed by atoms with Gasteiger partial charge in [-0.15, -0.1) is 0 Å². The molecule has 29 heavy (non-hydrogen) atoms. The molecule has 1 N–H and O–H groups in total. The standard InChI is InChI=1S/C23H29N5O/c1-16-10-17(2)12-19(11-16)28-22-20(14-26-28)21(24-15-25-22)27-18-6-9-29-23(13-18)7-4-3-5-8-23/h10-12,14-15,18H,3-9,13H2,1-2H3,(H,24,25,27). The summed E-state index contributed by atoms with van der Waals surface area (Å²) >= 11 is 0. The molecule has 2 fully saturated rings. The Kier molecular flexibility index (Phi) is 4.74. The molecule has 3 heterocycles. The van der Waals surface area contributed by atoms with Gasteiger partial charge in [-0.3, -0.25) is 0 Å². The van der Waals surface area contributed by atoms with Gasteiger partial charge in [0, 0.05) is 12.6 Å². The lowest BCUT2D eigenvalue weighted by atomic mass is 9.78. The number of ether oxygens (including phenoxy) is 1. The maximum Gasteiger partial charge on any atom is 0.168 e. The van der Waals surface area contributed by atoms with Crippen LogP contribution in [0.1, 0.15) is 56.1 Å². The largest absolute Gasteiger partial charge is 0.375 e. The third kappa shape index (κ3) is 3.62. The first-order chi connectivity index (χ1) is 14.1. The van der Waals surface area contributed by atoms with E-state index in [-0.39, 0.29) is 5.60 Å². The average Bonchev–Trinajstić information content (AvgIpc) is 3.13. The predicted octanol–water partition coefficient (Wildman–Crippen LogP) is 4.73. The molecule has 6 heteroatoms. The summed E-state index contributed by atoms with van der Waals surface area (Å²) in [4.78, 5) is 9.10. The van der Waals surface area contributed by atoms with E-state index in [1.54, 1.807) is 6.33 Å². The Hall–Kier alpha value is -2.47. The van der Waals surface area contributed by atoms with Crippen LogP contribution in [-0.2, 0) is 4.74 Å². The molecule has 5 rings (SSSR count). The fourth-order valence-corrected chi connectivity index (χ4v) is 5.11. The van der Waals surface area contributed by atoms with Crippen LogP contribution in [0.25, 0.3) is 16.7 Å². The van der Waals surface area contributed by atoms with Crippen LogP contribution in [0, 0.1) is 13.8 Å². The first-order valence-corrected chi connectivity index (χ1v) is 10.8. The van der Waals surface area contributed by atoms with Gasteiger partial charge in [0.15, 0.2) is 5.65 Å². The second kappa shape index (κ2) is 7.41. The van der Waals surface area contributed by atoms with E-state index in [1.807, 2.05) is 10.9 Å². The smallest absolute Gasteiger partial charge is 0.168 e. The highest BCUT2D eigenvalue weighted by atomic mass is 16.5. The van der Waals surface area contributed by atoms with Crippen LogP contribution in [0.4, 0.5) is 5.82 Å². The van der Waals surface area contributed by atoms with Crippen molar-refractivity contribution in [2.24, 2.45) is 0 Å². The molecule has 1 spiro atoms. The topological polar surface area (TPSA) is 64.9 Å². The summed E-state index contributed by atoms with van der Waals surface area (Å²) < 4.78 is 8.17. The van der Waals surface area contributed by atoms with Crippen molar-refractivity contribution in [2.75, 3.05) is 11.9 Å². The zero-order chi connectivity index (χ0) is 19.8. The molecule has 2 aromatic heterocycles. The van der Waals surface area contributed by atoms with E-state index in [4.69, 9.17) is 4.74 Å². The second-order valence-electron chi connectivity index (χ2n) is 8.79. The molecule has 0 amide bonds. The molecule has 2 aliphatic rings. The highest BCUT2D eigenvalue weighted by Gasteiger charge is 2.38. The number of benzene rings is 1. The number of aromatic nitrogens is 4. The zero-order valence-corrected chi connectivity index (χ0v) is 17.3. The summed E-state index contributed by atoms with van der Waals surface area (Å²) in [5.41, 5.74) is 4.39. The van der Waals surface area contributed by atoms with Crippen molar-refractivity contribution in [1.82, 2.24) is 19.7 Å². The molecular weight excluding hydrogens is 362 g/mol. The molecule has 1 saturated heterocycles. The fourth-order valence-electron chi connectivity index (χ4n) is 5.11. The molecule has 1 saturated carbocycles. The number of hydrogen-bond donors (Lipinski definition) is 1. The van der Waals surface area contributed by atoms with Crippen LogP contribution in [-0.4, -0.2) is 38.0 Å². The van der Waals surface area contributed by atoms with Gasteiger partial charge in [0.25, 0.3) is 0 Å². The van der Waals surface area contributed by atoms with Crippen molar-refractivity contribution in [3.63, 3.8) is 0 Å². The van der Waals surface area contributed by atoms with Crippen LogP contribution >= 0.6 is 0 Å². The minimum Gasteiger partial charge on any atom is -0.375 e. The van der Waals surface area contributed by atoms with Gasteiger partial charge in [0.2, 0.25) is 0 Å². The van der Waals surface area contributed by atoms with Crippen LogP contribution in [0.3, 0.4) is 0 Å². The van der Waals surface area contributed by atoms with Crippen molar-refractivity contribution >= 4 is 16.9 Å². The summed E-state index contributed by atoms with van der Waals surface area (Å²) in [5, 5.41) is 9.30. The predicted molar refractivity (Wildman–Crippen MR) is 115 cm³/mol. The molecule has 152 valence electrons. The molecule has 3 aromatic rings. The Morgan fingerprint density at radius 2 is 1.86 bits per heavy atom. The lowest BCUT2D eigenvalue weighted by molar-refractivity contribution is -0.103. The first kappa shape index (κ1) is 18.6. The van der Waals surface area contributed by atoms with Gasteiger partial charge in [0.05, 0.1) is 22.9 Å². The monoisotopic (exact) mass is 391 g/mol. The maximum absolute atomic E-state index is 6.26. The van der Waals surface area contributed by atoms with E-state index in [9.17, 15) is 0 Å². The molecule has 0 bridgehead atoms. The van der Waals surface area contributed by atoms with E-state index >= 15 is 0 Å². The van der Waals surface area contributed by atoms with Crippen LogP contribution in [0.15, 0.2) is 30.7 Å². The third-order valence-electron chi connectivity index (χ3n) is 6.42. The van der Waals surface area contributed by atoms with Crippen molar-refractivity contribution in [1.29, 1.82) is 0 Å². The minimum atomic E-state index is 0.0730. The van der Waals surface area contributed by atoms with Crippen molar-refractivity contribution < 1.29 is 4.74 Å². The van der Waals surface area contributed by atoms with Gasteiger partial charge in [0.1, 0.15) is 12.1 Å². The van der Waals surface area contributed by atoms with Gasteiger partial charge in [-0.1, -0.05) is 25.3 Å². The van der Waals surface area contributed by atoms with Crippen LogP contribution in [0.5, 0.6) is 0 Å². The fraction of sp³-hybridized carbons (Fsp3) is 0.522. The number of hydrogen-bond acceptors (Lipinski definition) is 5. The van der Waals surface area contributed by atoms with Crippen molar-refractivity contribution in [2.45, 2.75) is 70.4 Å². The van der Waals surface area contributed by atoms with Gasteiger partial charge >= 0.3 is 0 Å². The number of nitrogens with zero attached hydrogens (tertiary/aromatic N) is 4. The number of rotatable bonds is 3. The number of nitrogens with one attached hydrogen (secondary N) is 1. The summed E-state index contributed by atoms with van der Waals surface area (Å²) in [6.45, 7) is 5.04. The molecule has 1 aromatic carbocycles. The van der Waals surface area contributed by atoms with E-state index in [1.165, 1.54) is 43.2 Å². The third-order valence-corrected chi connectivity index (χ3v) is 6.42. The quantitative estimate of drug-likeness (QED) is 0.699. The van der Waals surface area contributed by atoms with Gasteiger partial charge in [-0.25, -0.2) is 14.6 Å². The summed E-state index contributed by atoms with van der Waals surface area (Å²) in [6, 6.07) is 6.83. The molecule has 6 nitrogen and oxygen atoms in total. The van der Waals surface area contributed by atoms with E-state index in [2.05, 4.69) is 52.4 Å². The first-order valence-electron chi connectivity index (χ1n) is 10.8. The van der Waals surface area contributed by atoms with Gasteiger partial charge in [-0.05, 0) is 62.8 Å². The number of fused-ring (bicyclic) bond motifs is 1. The molecular formula is C23H29N5O.